The van der Waals surface area contributed by atoms with Gasteiger partial charge in [0.15, 0.2) is 0 Å². The molecule has 0 heterocycles. The van der Waals surface area contributed by atoms with Crippen molar-refractivity contribution in [2.24, 2.45) is 11.7 Å². The predicted octanol–water partition coefficient (Wildman–Crippen LogP) is 2.35. The van der Waals surface area contributed by atoms with E-state index in [9.17, 15) is 9.90 Å². The highest BCUT2D eigenvalue weighted by Gasteiger charge is 2.26. The maximum atomic E-state index is 12.3. The van der Waals surface area contributed by atoms with Gasteiger partial charge >= 0.3 is 0 Å². The number of phenols is 1. The highest BCUT2D eigenvalue weighted by Crippen LogP contribution is 2.26. The second-order valence-corrected chi connectivity index (χ2v) is 6.04. The molecule has 4 heteroatoms. The van der Waals surface area contributed by atoms with E-state index in [0.717, 1.165) is 18.4 Å². The van der Waals surface area contributed by atoms with E-state index in [-0.39, 0.29) is 17.7 Å². The zero-order chi connectivity index (χ0) is 15.2. The van der Waals surface area contributed by atoms with E-state index in [1.54, 1.807) is 24.3 Å². The molecule has 0 spiro atoms. The quantitative estimate of drug-likeness (QED) is 0.779. The SMILES string of the molecule is CCC1CCCCC1NC(=O)[C@@H](N)Cc1ccc(O)cc1. The van der Waals surface area contributed by atoms with Crippen LogP contribution in [0.15, 0.2) is 24.3 Å². The summed E-state index contributed by atoms with van der Waals surface area (Å²) in [5.41, 5.74) is 6.98. The molecule has 1 aliphatic carbocycles. The molecule has 3 atom stereocenters. The minimum atomic E-state index is -0.533. The molecule has 2 unspecified atom stereocenters. The summed E-state index contributed by atoms with van der Waals surface area (Å²) < 4.78 is 0. The lowest BCUT2D eigenvalue weighted by atomic mass is 9.82. The first-order valence-electron chi connectivity index (χ1n) is 7.94. The normalized spacial score (nSPS) is 23.5. The zero-order valence-electron chi connectivity index (χ0n) is 12.7. The highest BCUT2D eigenvalue weighted by molar-refractivity contribution is 5.82. The molecule has 0 aliphatic heterocycles. The Bertz CT molecular complexity index is 458. The molecule has 0 saturated heterocycles. The average Bonchev–Trinajstić information content (AvgIpc) is 2.50. The van der Waals surface area contributed by atoms with Crippen LogP contribution in [-0.4, -0.2) is 23.1 Å². The third-order valence-electron chi connectivity index (χ3n) is 4.49. The molecule has 1 amide bonds. The first-order chi connectivity index (χ1) is 10.1. The van der Waals surface area contributed by atoms with Gasteiger partial charge in [-0.3, -0.25) is 4.79 Å². The summed E-state index contributed by atoms with van der Waals surface area (Å²) >= 11 is 0. The fourth-order valence-corrected chi connectivity index (χ4v) is 3.15. The largest absolute Gasteiger partial charge is 0.508 e. The Labute approximate surface area is 126 Å². The Morgan fingerprint density at radius 3 is 2.67 bits per heavy atom. The van der Waals surface area contributed by atoms with Crippen molar-refractivity contribution in [3.8, 4) is 5.75 Å². The standard InChI is InChI=1S/C17H26N2O2/c1-2-13-5-3-4-6-16(13)19-17(21)15(18)11-12-7-9-14(20)10-8-12/h7-10,13,15-16,20H,2-6,11,18H2,1H3,(H,19,21)/t13?,15-,16?/m0/s1. The number of hydrogen-bond acceptors (Lipinski definition) is 3. The Morgan fingerprint density at radius 1 is 1.33 bits per heavy atom. The molecule has 116 valence electrons. The van der Waals surface area contributed by atoms with Crippen molar-refractivity contribution in [1.82, 2.24) is 5.32 Å². The molecular formula is C17H26N2O2. The number of benzene rings is 1. The minimum Gasteiger partial charge on any atom is -0.508 e. The van der Waals surface area contributed by atoms with Gasteiger partial charge in [0.2, 0.25) is 5.91 Å². The molecule has 0 bridgehead atoms. The van der Waals surface area contributed by atoms with E-state index < -0.39 is 6.04 Å². The molecular weight excluding hydrogens is 264 g/mol. The van der Waals surface area contributed by atoms with Crippen LogP contribution in [0, 0.1) is 5.92 Å². The van der Waals surface area contributed by atoms with Crippen LogP contribution in [0.4, 0.5) is 0 Å². The van der Waals surface area contributed by atoms with Crippen molar-refractivity contribution < 1.29 is 9.90 Å². The van der Waals surface area contributed by atoms with Crippen LogP contribution in [0.2, 0.25) is 0 Å². The van der Waals surface area contributed by atoms with Gasteiger partial charge in [0, 0.05) is 6.04 Å². The van der Waals surface area contributed by atoms with Gasteiger partial charge < -0.3 is 16.2 Å². The van der Waals surface area contributed by atoms with Crippen LogP contribution in [-0.2, 0) is 11.2 Å². The van der Waals surface area contributed by atoms with Crippen molar-refractivity contribution in [1.29, 1.82) is 0 Å². The summed E-state index contributed by atoms with van der Waals surface area (Å²) in [5.74, 6) is 0.752. The summed E-state index contributed by atoms with van der Waals surface area (Å²) in [6.07, 6.45) is 6.33. The van der Waals surface area contributed by atoms with Gasteiger partial charge in [-0.2, -0.15) is 0 Å². The molecule has 21 heavy (non-hydrogen) atoms. The topological polar surface area (TPSA) is 75.4 Å². The van der Waals surface area contributed by atoms with Gasteiger partial charge in [0.05, 0.1) is 6.04 Å². The van der Waals surface area contributed by atoms with Crippen molar-refractivity contribution in [3.63, 3.8) is 0 Å². The second kappa shape index (κ2) is 7.46. The number of carbonyl (C=O) groups excluding carboxylic acids is 1. The first-order valence-corrected chi connectivity index (χ1v) is 7.94. The highest BCUT2D eigenvalue weighted by atomic mass is 16.3. The predicted molar refractivity (Wildman–Crippen MR) is 84.0 cm³/mol. The van der Waals surface area contributed by atoms with Gasteiger partial charge in [0.25, 0.3) is 0 Å². The molecule has 0 aromatic heterocycles. The van der Waals surface area contributed by atoms with E-state index >= 15 is 0 Å². The first kappa shape index (κ1) is 15.8. The fourth-order valence-electron chi connectivity index (χ4n) is 3.15. The van der Waals surface area contributed by atoms with Crippen LogP contribution >= 0.6 is 0 Å². The van der Waals surface area contributed by atoms with Crippen molar-refractivity contribution in [3.05, 3.63) is 29.8 Å². The summed E-state index contributed by atoms with van der Waals surface area (Å²) in [6.45, 7) is 2.19. The Hall–Kier alpha value is -1.55. The Balaban J connectivity index is 1.88. The smallest absolute Gasteiger partial charge is 0.237 e. The van der Waals surface area contributed by atoms with Gasteiger partial charge in [-0.25, -0.2) is 0 Å². The van der Waals surface area contributed by atoms with E-state index in [1.807, 2.05) is 0 Å². The number of carbonyl (C=O) groups is 1. The van der Waals surface area contributed by atoms with Gasteiger partial charge in [-0.1, -0.05) is 38.3 Å². The maximum Gasteiger partial charge on any atom is 0.237 e. The minimum absolute atomic E-state index is 0.0616. The van der Waals surface area contributed by atoms with Crippen molar-refractivity contribution >= 4 is 5.91 Å². The lowest BCUT2D eigenvalue weighted by Crippen LogP contribution is -2.49. The van der Waals surface area contributed by atoms with E-state index in [2.05, 4.69) is 12.2 Å². The monoisotopic (exact) mass is 290 g/mol. The molecule has 1 aromatic carbocycles. The van der Waals surface area contributed by atoms with Gasteiger partial charge in [-0.15, -0.1) is 0 Å². The summed E-state index contributed by atoms with van der Waals surface area (Å²) in [7, 11) is 0. The molecule has 1 aliphatic rings. The van der Waals surface area contributed by atoms with Gasteiger partial charge in [-0.05, 0) is 42.9 Å². The number of phenolic OH excluding ortho intramolecular Hbond substituents is 1. The summed E-state index contributed by atoms with van der Waals surface area (Å²) in [4.78, 5) is 12.3. The number of aromatic hydroxyl groups is 1. The van der Waals surface area contributed by atoms with E-state index in [0.29, 0.717) is 12.3 Å². The number of hydrogen-bond donors (Lipinski definition) is 3. The number of nitrogens with one attached hydrogen (secondary N) is 1. The van der Waals surface area contributed by atoms with Crippen LogP contribution in [0.3, 0.4) is 0 Å². The molecule has 1 saturated carbocycles. The average molecular weight is 290 g/mol. The number of amides is 1. The third kappa shape index (κ3) is 4.46. The van der Waals surface area contributed by atoms with Crippen LogP contribution in [0.1, 0.15) is 44.6 Å². The molecule has 1 aromatic rings. The number of nitrogens with two attached hydrogens (primary N) is 1. The summed E-state index contributed by atoms with van der Waals surface area (Å²) in [6, 6.07) is 6.59. The van der Waals surface area contributed by atoms with Gasteiger partial charge in [0.1, 0.15) is 5.75 Å². The third-order valence-corrected chi connectivity index (χ3v) is 4.49. The van der Waals surface area contributed by atoms with Crippen LogP contribution in [0.25, 0.3) is 0 Å². The lowest BCUT2D eigenvalue weighted by Gasteiger charge is -2.32. The zero-order valence-corrected chi connectivity index (χ0v) is 12.7. The second-order valence-electron chi connectivity index (χ2n) is 6.04. The summed E-state index contributed by atoms with van der Waals surface area (Å²) in [5, 5.41) is 12.4. The van der Waals surface area contributed by atoms with E-state index in [1.165, 1.54) is 19.3 Å². The Morgan fingerprint density at radius 2 is 2.00 bits per heavy atom. The van der Waals surface area contributed by atoms with Crippen molar-refractivity contribution in [2.45, 2.75) is 57.5 Å². The number of rotatable bonds is 5. The Kier molecular flexibility index (Phi) is 5.62. The fraction of sp³-hybridized carbons (Fsp3) is 0.588. The molecule has 4 nitrogen and oxygen atoms in total. The molecule has 1 fully saturated rings. The molecule has 4 N–H and O–H groups in total. The maximum absolute atomic E-state index is 12.3. The van der Waals surface area contributed by atoms with Crippen molar-refractivity contribution in [2.75, 3.05) is 0 Å². The van der Waals surface area contributed by atoms with Crippen LogP contribution < -0.4 is 11.1 Å². The van der Waals surface area contributed by atoms with E-state index in [4.69, 9.17) is 5.73 Å². The molecule has 2 rings (SSSR count). The lowest BCUT2D eigenvalue weighted by molar-refractivity contribution is -0.123. The molecule has 0 radical (unpaired) electrons. The van der Waals surface area contributed by atoms with Crippen LogP contribution in [0.5, 0.6) is 5.75 Å².